The Bertz CT molecular complexity index is 574. The average Bonchev–Trinajstić information content (AvgIpc) is 2.82. The van der Waals surface area contributed by atoms with Crippen molar-refractivity contribution in [1.82, 2.24) is 10.5 Å². The van der Waals surface area contributed by atoms with Gasteiger partial charge in [-0.15, -0.1) is 0 Å². The SMILES string of the molecule is CCNCc1ccc(OC)cc1OCc1c(C)noc1C. The van der Waals surface area contributed by atoms with Crippen LogP contribution in [0.25, 0.3) is 0 Å². The maximum Gasteiger partial charge on any atom is 0.140 e. The van der Waals surface area contributed by atoms with Crippen LogP contribution in [0.1, 0.15) is 29.5 Å². The zero-order valence-electron chi connectivity index (χ0n) is 13.0. The van der Waals surface area contributed by atoms with Gasteiger partial charge in [-0.1, -0.05) is 18.1 Å². The molecule has 0 atom stereocenters. The first-order chi connectivity index (χ1) is 10.2. The molecule has 0 aliphatic rings. The molecule has 0 aliphatic heterocycles. The lowest BCUT2D eigenvalue weighted by Crippen LogP contribution is -2.13. The minimum Gasteiger partial charge on any atom is -0.497 e. The molecular weight excluding hydrogens is 268 g/mol. The number of nitrogens with one attached hydrogen (secondary N) is 1. The van der Waals surface area contributed by atoms with E-state index in [4.69, 9.17) is 14.0 Å². The van der Waals surface area contributed by atoms with E-state index in [9.17, 15) is 0 Å². The maximum absolute atomic E-state index is 5.96. The number of rotatable bonds is 7. The second-order valence-corrected chi connectivity index (χ2v) is 4.85. The molecule has 1 N–H and O–H groups in total. The van der Waals surface area contributed by atoms with Crippen LogP contribution < -0.4 is 14.8 Å². The molecule has 2 aromatic rings. The molecule has 0 spiro atoms. The van der Waals surface area contributed by atoms with E-state index in [1.54, 1.807) is 7.11 Å². The van der Waals surface area contributed by atoms with E-state index in [0.717, 1.165) is 47.2 Å². The summed E-state index contributed by atoms with van der Waals surface area (Å²) in [4.78, 5) is 0. The monoisotopic (exact) mass is 290 g/mol. The van der Waals surface area contributed by atoms with Gasteiger partial charge < -0.3 is 19.3 Å². The van der Waals surface area contributed by atoms with Crippen LogP contribution in [0.15, 0.2) is 22.7 Å². The molecule has 0 radical (unpaired) electrons. The van der Waals surface area contributed by atoms with Gasteiger partial charge in [-0.3, -0.25) is 0 Å². The zero-order valence-corrected chi connectivity index (χ0v) is 13.0. The fourth-order valence-corrected chi connectivity index (χ4v) is 2.06. The highest BCUT2D eigenvalue weighted by Gasteiger charge is 2.12. The van der Waals surface area contributed by atoms with Crippen LogP contribution in [0.4, 0.5) is 0 Å². The lowest BCUT2D eigenvalue weighted by Gasteiger charge is -2.13. The van der Waals surface area contributed by atoms with E-state index in [1.807, 2.05) is 32.0 Å². The minimum atomic E-state index is 0.438. The van der Waals surface area contributed by atoms with Crippen molar-refractivity contribution in [3.05, 3.63) is 40.8 Å². The van der Waals surface area contributed by atoms with Crippen molar-refractivity contribution < 1.29 is 14.0 Å². The van der Waals surface area contributed by atoms with Gasteiger partial charge in [0.2, 0.25) is 0 Å². The summed E-state index contributed by atoms with van der Waals surface area (Å²) in [6.45, 7) is 8.00. The fraction of sp³-hybridized carbons (Fsp3) is 0.438. The van der Waals surface area contributed by atoms with Gasteiger partial charge in [0, 0.05) is 18.2 Å². The summed E-state index contributed by atoms with van der Waals surface area (Å²) in [6.07, 6.45) is 0. The van der Waals surface area contributed by atoms with E-state index in [0.29, 0.717) is 6.61 Å². The first-order valence-corrected chi connectivity index (χ1v) is 7.07. The van der Waals surface area contributed by atoms with Crippen molar-refractivity contribution in [2.45, 2.75) is 33.9 Å². The van der Waals surface area contributed by atoms with E-state index in [-0.39, 0.29) is 0 Å². The van der Waals surface area contributed by atoms with Crippen LogP contribution in [-0.4, -0.2) is 18.8 Å². The molecular formula is C16H22N2O3. The van der Waals surface area contributed by atoms with Crippen molar-refractivity contribution in [3.8, 4) is 11.5 Å². The van der Waals surface area contributed by atoms with Crippen molar-refractivity contribution >= 4 is 0 Å². The molecule has 0 amide bonds. The van der Waals surface area contributed by atoms with E-state index < -0.39 is 0 Å². The summed E-state index contributed by atoms with van der Waals surface area (Å²) in [5.41, 5.74) is 2.96. The molecule has 1 aromatic heterocycles. The third-order valence-electron chi connectivity index (χ3n) is 3.39. The second-order valence-electron chi connectivity index (χ2n) is 4.85. The third kappa shape index (κ3) is 3.76. The predicted molar refractivity (Wildman–Crippen MR) is 80.7 cm³/mol. The molecule has 1 aromatic carbocycles. The van der Waals surface area contributed by atoms with Crippen molar-refractivity contribution in [2.24, 2.45) is 0 Å². The number of aromatic nitrogens is 1. The predicted octanol–water partition coefficient (Wildman–Crippen LogP) is 2.99. The number of nitrogens with zero attached hydrogens (tertiary/aromatic N) is 1. The van der Waals surface area contributed by atoms with Gasteiger partial charge in [-0.25, -0.2) is 0 Å². The van der Waals surface area contributed by atoms with Crippen LogP contribution in [-0.2, 0) is 13.2 Å². The van der Waals surface area contributed by atoms with Crippen molar-refractivity contribution in [3.63, 3.8) is 0 Å². The van der Waals surface area contributed by atoms with E-state index in [2.05, 4.69) is 17.4 Å². The normalized spacial score (nSPS) is 10.7. The van der Waals surface area contributed by atoms with Gasteiger partial charge in [0.25, 0.3) is 0 Å². The summed E-state index contributed by atoms with van der Waals surface area (Å²) in [7, 11) is 1.65. The number of aryl methyl sites for hydroxylation is 2. The quantitative estimate of drug-likeness (QED) is 0.849. The Hall–Kier alpha value is -2.01. The molecule has 0 aliphatic carbocycles. The maximum atomic E-state index is 5.96. The molecule has 0 saturated carbocycles. The summed E-state index contributed by atoms with van der Waals surface area (Å²) < 4.78 is 16.4. The topological polar surface area (TPSA) is 56.5 Å². The van der Waals surface area contributed by atoms with Gasteiger partial charge in [0.05, 0.1) is 18.4 Å². The fourth-order valence-electron chi connectivity index (χ4n) is 2.06. The largest absolute Gasteiger partial charge is 0.497 e. The van der Waals surface area contributed by atoms with Crippen LogP contribution in [0.5, 0.6) is 11.5 Å². The summed E-state index contributed by atoms with van der Waals surface area (Å²) in [5, 5.41) is 7.25. The Morgan fingerprint density at radius 1 is 1.29 bits per heavy atom. The van der Waals surface area contributed by atoms with Crippen molar-refractivity contribution in [2.75, 3.05) is 13.7 Å². The molecule has 0 fully saturated rings. The molecule has 5 nitrogen and oxygen atoms in total. The average molecular weight is 290 g/mol. The second kappa shape index (κ2) is 7.13. The van der Waals surface area contributed by atoms with E-state index in [1.165, 1.54) is 0 Å². The van der Waals surface area contributed by atoms with Gasteiger partial charge >= 0.3 is 0 Å². The van der Waals surface area contributed by atoms with Crippen LogP contribution in [0.3, 0.4) is 0 Å². The number of hydrogen-bond acceptors (Lipinski definition) is 5. The first-order valence-electron chi connectivity index (χ1n) is 7.07. The molecule has 114 valence electrons. The molecule has 21 heavy (non-hydrogen) atoms. The highest BCUT2D eigenvalue weighted by molar-refractivity contribution is 5.41. The van der Waals surface area contributed by atoms with Crippen LogP contribution in [0.2, 0.25) is 0 Å². The molecule has 2 rings (SSSR count). The standard InChI is InChI=1S/C16H22N2O3/c1-5-17-9-13-6-7-14(19-4)8-16(13)20-10-15-11(2)18-21-12(15)3/h6-8,17H,5,9-10H2,1-4H3. The Kier molecular flexibility index (Phi) is 5.22. The zero-order chi connectivity index (χ0) is 15.2. The van der Waals surface area contributed by atoms with Gasteiger partial charge in [0.1, 0.15) is 23.9 Å². The smallest absolute Gasteiger partial charge is 0.140 e. The number of methoxy groups -OCH3 is 1. The van der Waals surface area contributed by atoms with Gasteiger partial charge in [-0.05, 0) is 26.5 Å². The molecule has 1 heterocycles. The van der Waals surface area contributed by atoms with Crippen LogP contribution in [0, 0.1) is 13.8 Å². The molecule has 5 heteroatoms. The molecule has 0 saturated heterocycles. The highest BCUT2D eigenvalue weighted by atomic mass is 16.5. The Morgan fingerprint density at radius 2 is 2.10 bits per heavy atom. The van der Waals surface area contributed by atoms with Gasteiger partial charge in [0.15, 0.2) is 0 Å². The lowest BCUT2D eigenvalue weighted by atomic mass is 10.2. The van der Waals surface area contributed by atoms with E-state index >= 15 is 0 Å². The summed E-state index contributed by atoms with van der Waals surface area (Å²) in [6, 6.07) is 5.87. The number of ether oxygens (including phenoxy) is 2. The summed E-state index contributed by atoms with van der Waals surface area (Å²) in [5.74, 6) is 2.39. The number of hydrogen-bond donors (Lipinski definition) is 1. The Labute approximate surface area is 125 Å². The first kappa shape index (κ1) is 15.4. The lowest BCUT2D eigenvalue weighted by molar-refractivity contribution is 0.295. The third-order valence-corrected chi connectivity index (χ3v) is 3.39. The van der Waals surface area contributed by atoms with Crippen molar-refractivity contribution in [1.29, 1.82) is 0 Å². The summed E-state index contributed by atoms with van der Waals surface area (Å²) >= 11 is 0. The molecule has 0 bridgehead atoms. The highest BCUT2D eigenvalue weighted by Crippen LogP contribution is 2.26. The minimum absolute atomic E-state index is 0.438. The Morgan fingerprint density at radius 3 is 2.71 bits per heavy atom. The Balaban J connectivity index is 2.16. The van der Waals surface area contributed by atoms with Crippen LogP contribution >= 0.6 is 0 Å². The number of benzene rings is 1. The molecule has 0 unspecified atom stereocenters. The van der Waals surface area contributed by atoms with Gasteiger partial charge in [-0.2, -0.15) is 0 Å².